The molecule has 0 aromatic carbocycles. The monoisotopic (exact) mass is 330 g/mol. The third-order valence-electron chi connectivity index (χ3n) is 4.27. The number of hydrogen-bond acceptors (Lipinski definition) is 6. The van der Waals surface area contributed by atoms with Crippen molar-refractivity contribution in [3.63, 3.8) is 0 Å². The van der Waals surface area contributed by atoms with Gasteiger partial charge in [0.2, 0.25) is 5.88 Å². The summed E-state index contributed by atoms with van der Waals surface area (Å²) in [4.78, 5) is 26.9. The van der Waals surface area contributed by atoms with Crippen molar-refractivity contribution in [1.29, 1.82) is 0 Å². The fourth-order valence-electron chi connectivity index (χ4n) is 3.11. The van der Waals surface area contributed by atoms with E-state index in [4.69, 9.17) is 4.74 Å². The first-order valence-electron chi connectivity index (χ1n) is 8.10. The highest BCUT2D eigenvalue weighted by Gasteiger charge is 2.26. The maximum Gasteiger partial charge on any atom is 0.272 e. The Morgan fingerprint density at radius 3 is 2.92 bits per heavy atom. The van der Waals surface area contributed by atoms with Crippen LogP contribution in [0.4, 0.5) is 0 Å². The molecule has 128 valence electrons. The number of amides is 1. The second-order valence-electron chi connectivity index (χ2n) is 6.09. The zero-order valence-corrected chi connectivity index (χ0v) is 14.3. The fourth-order valence-corrected chi connectivity index (χ4v) is 3.11. The smallest absolute Gasteiger partial charge is 0.272 e. The summed E-state index contributed by atoms with van der Waals surface area (Å²) < 4.78 is 7.00. The molecule has 0 bridgehead atoms. The van der Waals surface area contributed by atoms with Gasteiger partial charge in [-0.25, -0.2) is 19.6 Å². The van der Waals surface area contributed by atoms with Crippen LogP contribution in [0.3, 0.4) is 0 Å². The molecule has 0 N–H and O–H groups in total. The molecular formula is C16H22N6O2. The van der Waals surface area contributed by atoms with E-state index in [2.05, 4.69) is 20.1 Å². The SMILES string of the molecule is COc1cc(C(=O)N2CCCC(Cn3nc(C)nc3C)C2)ncn1. The van der Waals surface area contributed by atoms with Crippen molar-refractivity contribution < 1.29 is 9.53 Å². The zero-order valence-electron chi connectivity index (χ0n) is 14.3. The van der Waals surface area contributed by atoms with Gasteiger partial charge < -0.3 is 9.64 Å². The topological polar surface area (TPSA) is 86.0 Å². The number of rotatable bonds is 4. The van der Waals surface area contributed by atoms with E-state index >= 15 is 0 Å². The molecule has 24 heavy (non-hydrogen) atoms. The molecule has 8 nitrogen and oxygen atoms in total. The van der Waals surface area contributed by atoms with Crippen LogP contribution in [0.2, 0.25) is 0 Å². The van der Waals surface area contributed by atoms with Crippen LogP contribution in [0.25, 0.3) is 0 Å². The van der Waals surface area contributed by atoms with E-state index in [-0.39, 0.29) is 5.91 Å². The Hall–Kier alpha value is -2.51. The van der Waals surface area contributed by atoms with E-state index in [0.29, 0.717) is 24.0 Å². The lowest BCUT2D eigenvalue weighted by Crippen LogP contribution is -2.41. The van der Waals surface area contributed by atoms with Crippen molar-refractivity contribution in [2.75, 3.05) is 20.2 Å². The van der Waals surface area contributed by atoms with Crippen molar-refractivity contribution >= 4 is 5.91 Å². The molecule has 1 unspecified atom stereocenters. The Morgan fingerprint density at radius 1 is 1.38 bits per heavy atom. The molecule has 0 spiro atoms. The van der Waals surface area contributed by atoms with Crippen molar-refractivity contribution in [2.45, 2.75) is 33.2 Å². The maximum atomic E-state index is 12.7. The van der Waals surface area contributed by atoms with E-state index in [1.807, 2.05) is 23.4 Å². The Labute approximate surface area is 140 Å². The number of ether oxygens (including phenoxy) is 1. The van der Waals surface area contributed by atoms with Gasteiger partial charge in [-0.05, 0) is 32.6 Å². The molecule has 1 aliphatic heterocycles. The van der Waals surface area contributed by atoms with Crippen LogP contribution in [0, 0.1) is 19.8 Å². The van der Waals surface area contributed by atoms with Crippen LogP contribution in [0.1, 0.15) is 35.0 Å². The van der Waals surface area contributed by atoms with Gasteiger partial charge in [-0.2, -0.15) is 5.10 Å². The van der Waals surface area contributed by atoms with Crippen LogP contribution in [0.5, 0.6) is 5.88 Å². The van der Waals surface area contributed by atoms with Crippen LogP contribution in [-0.2, 0) is 6.54 Å². The molecule has 2 aromatic rings. The van der Waals surface area contributed by atoms with Gasteiger partial charge in [0.1, 0.15) is 23.7 Å². The van der Waals surface area contributed by atoms with E-state index < -0.39 is 0 Å². The second kappa shape index (κ2) is 6.94. The number of piperidine rings is 1. The lowest BCUT2D eigenvalue weighted by molar-refractivity contribution is 0.0652. The average Bonchev–Trinajstić information content (AvgIpc) is 2.91. The largest absolute Gasteiger partial charge is 0.481 e. The Bertz CT molecular complexity index is 729. The Kier molecular flexibility index (Phi) is 4.73. The summed E-state index contributed by atoms with van der Waals surface area (Å²) in [5.74, 6) is 2.38. The number of methoxy groups -OCH3 is 1. The summed E-state index contributed by atoms with van der Waals surface area (Å²) in [6, 6.07) is 1.58. The molecule has 1 saturated heterocycles. The van der Waals surface area contributed by atoms with Gasteiger partial charge in [-0.3, -0.25) is 4.79 Å². The van der Waals surface area contributed by atoms with Gasteiger partial charge in [0.15, 0.2) is 0 Å². The van der Waals surface area contributed by atoms with Crippen molar-refractivity contribution in [3.05, 3.63) is 29.7 Å². The second-order valence-corrected chi connectivity index (χ2v) is 6.09. The molecule has 2 aromatic heterocycles. The number of carbonyl (C=O) groups is 1. The summed E-state index contributed by atoms with van der Waals surface area (Å²) in [7, 11) is 1.52. The van der Waals surface area contributed by atoms with Gasteiger partial charge in [0, 0.05) is 25.7 Å². The Balaban J connectivity index is 1.68. The minimum Gasteiger partial charge on any atom is -0.481 e. The minimum absolute atomic E-state index is 0.0770. The summed E-state index contributed by atoms with van der Waals surface area (Å²) in [6.45, 7) is 6.08. The standard InChI is InChI=1S/C16H22N6O2/c1-11-19-12(2)22(20-11)9-13-5-4-6-21(8-13)16(23)14-7-15(24-3)18-10-17-14/h7,10,13H,4-6,8-9H2,1-3H3. The first-order chi connectivity index (χ1) is 11.6. The number of hydrogen-bond donors (Lipinski definition) is 0. The molecule has 0 radical (unpaired) electrons. The van der Waals surface area contributed by atoms with Gasteiger partial charge >= 0.3 is 0 Å². The van der Waals surface area contributed by atoms with Crippen molar-refractivity contribution in [1.82, 2.24) is 29.6 Å². The van der Waals surface area contributed by atoms with Gasteiger partial charge in [0.25, 0.3) is 5.91 Å². The summed E-state index contributed by atoms with van der Waals surface area (Å²) in [5.41, 5.74) is 0.371. The maximum absolute atomic E-state index is 12.7. The molecule has 1 amide bonds. The molecule has 3 rings (SSSR count). The summed E-state index contributed by atoms with van der Waals surface area (Å²) in [6.07, 6.45) is 3.41. The van der Waals surface area contributed by atoms with Gasteiger partial charge in [-0.1, -0.05) is 0 Å². The molecule has 8 heteroatoms. The summed E-state index contributed by atoms with van der Waals surface area (Å²) >= 11 is 0. The fraction of sp³-hybridized carbons (Fsp3) is 0.562. The van der Waals surface area contributed by atoms with Crippen molar-refractivity contribution in [2.24, 2.45) is 5.92 Å². The number of likely N-dealkylation sites (tertiary alicyclic amines) is 1. The molecule has 0 aliphatic carbocycles. The van der Waals surface area contributed by atoms with Gasteiger partial charge in [0.05, 0.1) is 7.11 Å². The third-order valence-corrected chi connectivity index (χ3v) is 4.27. The van der Waals surface area contributed by atoms with Crippen LogP contribution in [0.15, 0.2) is 12.4 Å². The van der Waals surface area contributed by atoms with E-state index in [1.165, 1.54) is 13.4 Å². The number of aryl methyl sites for hydroxylation is 2. The van der Waals surface area contributed by atoms with Crippen LogP contribution in [-0.4, -0.2) is 55.7 Å². The van der Waals surface area contributed by atoms with E-state index in [0.717, 1.165) is 37.6 Å². The molecule has 0 saturated carbocycles. The van der Waals surface area contributed by atoms with E-state index in [9.17, 15) is 4.79 Å². The normalized spacial score (nSPS) is 17.8. The lowest BCUT2D eigenvalue weighted by Gasteiger charge is -2.32. The highest BCUT2D eigenvalue weighted by Crippen LogP contribution is 2.20. The molecular weight excluding hydrogens is 308 g/mol. The number of aromatic nitrogens is 5. The quantitative estimate of drug-likeness (QED) is 0.838. The number of carbonyl (C=O) groups excluding carboxylic acids is 1. The lowest BCUT2D eigenvalue weighted by atomic mass is 9.97. The van der Waals surface area contributed by atoms with Crippen molar-refractivity contribution in [3.8, 4) is 5.88 Å². The zero-order chi connectivity index (χ0) is 17.1. The highest BCUT2D eigenvalue weighted by atomic mass is 16.5. The number of nitrogens with zero attached hydrogens (tertiary/aromatic N) is 6. The Morgan fingerprint density at radius 2 is 2.21 bits per heavy atom. The predicted molar refractivity (Wildman–Crippen MR) is 86.7 cm³/mol. The molecule has 1 fully saturated rings. The minimum atomic E-state index is -0.0770. The summed E-state index contributed by atoms with van der Waals surface area (Å²) in [5, 5.41) is 4.42. The highest BCUT2D eigenvalue weighted by molar-refractivity contribution is 5.92. The third kappa shape index (κ3) is 3.52. The molecule has 1 atom stereocenters. The first kappa shape index (κ1) is 16.4. The molecule has 3 heterocycles. The predicted octanol–water partition coefficient (Wildman–Crippen LogP) is 1.25. The first-order valence-corrected chi connectivity index (χ1v) is 8.10. The van der Waals surface area contributed by atoms with E-state index in [1.54, 1.807) is 6.07 Å². The van der Waals surface area contributed by atoms with Gasteiger partial charge in [-0.15, -0.1) is 0 Å². The molecule has 1 aliphatic rings. The average molecular weight is 330 g/mol. The van der Waals surface area contributed by atoms with Crippen LogP contribution < -0.4 is 4.74 Å². The van der Waals surface area contributed by atoms with Crippen LogP contribution >= 0.6 is 0 Å².